The van der Waals surface area contributed by atoms with E-state index in [1.54, 1.807) is 18.2 Å². The molecule has 2 N–H and O–H groups in total. The smallest absolute Gasteiger partial charge is 0.345 e. The summed E-state index contributed by atoms with van der Waals surface area (Å²) < 4.78 is 10.1. The maximum absolute atomic E-state index is 12.1. The van der Waals surface area contributed by atoms with Gasteiger partial charge in [0.25, 0.3) is 5.69 Å². The minimum atomic E-state index is -0.779. The van der Waals surface area contributed by atoms with Crippen molar-refractivity contribution in [2.24, 2.45) is 0 Å². The second-order valence-electron chi connectivity index (χ2n) is 5.46. The number of fused-ring (bicyclic) bond motifs is 1. The van der Waals surface area contributed by atoms with Crippen molar-refractivity contribution < 1.29 is 24.3 Å². The molecule has 1 aromatic heterocycles. The molecule has 0 aliphatic carbocycles. The molecule has 9 heteroatoms. The number of non-ortho nitro benzene ring substituents is 1. The molecule has 3 rings (SSSR count). The fraction of sp³-hybridized carbons (Fsp3) is 0.111. The molecular weight excluding hydrogens is 354 g/mol. The summed E-state index contributed by atoms with van der Waals surface area (Å²) in [5.41, 5.74) is 1.08. The largest absolute Gasteiger partial charge is 0.508 e. The van der Waals surface area contributed by atoms with Gasteiger partial charge in [-0.15, -0.1) is 0 Å². The molecule has 1 heterocycles. The molecule has 0 saturated heterocycles. The second-order valence-corrected chi connectivity index (χ2v) is 5.46. The average molecular weight is 369 g/mol. The molecule has 138 valence electrons. The number of nitrogens with one attached hydrogen (secondary N) is 1. The fourth-order valence-corrected chi connectivity index (χ4v) is 2.41. The highest BCUT2D eigenvalue weighted by molar-refractivity contribution is 6.16. The fourth-order valence-electron chi connectivity index (χ4n) is 2.41. The number of carbonyl (C=O) groups excluding carboxylic acids is 1. The van der Waals surface area contributed by atoms with Gasteiger partial charge in [-0.25, -0.2) is 9.78 Å². The molecule has 0 radical (unpaired) electrons. The van der Waals surface area contributed by atoms with Gasteiger partial charge in [-0.3, -0.25) is 10.1 Å². The van der Waals surface area contributed by atoms with Gasteiger partial charge in [0.05, 0.1) is 23.1 Å². The van der Waals surface area contributed by atoms with E-state index in [2.05, 4.69) is 9.97 Å². The number of benzene rings is 2. The molecule has 3 aromatic rings. The number of esters is 1. The Balaban J connectivity index is 1.87. The first-order chi connectivity index (χ1) is 13.0. The molecule has 0 unspecified atom stereocenters. The highest BCUT2D eigenvalue weighted by Gasteiger charge is 2.22. The first-order valence-corrected chi connectivity index (χ1v) is 7.82. The zero-order chi connectivity index (χ0) is 19.4. The number of aliphatic hydroxyl groups is 1. The third-order valence-electron chi connectivity index (χ3n) is 3.73. The molecule has 27 heavy (non-hydrogen) atoms. The molecule has 9 nitrogen and oxygen atoms in total. The Bertz CT molecular complexity index is 990. The lowest BCUT2D eigenvalue weighted by molar-refractivity contribution is -0.384. The lowest BCUT2D eigenvalue weighted by atomic mass is 10.2. The normalized spacial score (nSPS) is 11.7. The first kappa shape index (κ1) is 17.9. The number of para-hydroxylation sites is 2. The van der Waals surface area contributed by atoms with Crippen LogP contribution in [0.3, 0.4) is 0 Å². The Hall–Kier alpha value is -3.88. The zero-order valence-electron chi connectivity index (χ0n) is 14.2. The lowest BCUT2D eigenvalue weighted by Crippen LogP contribution is -2.12. The summed E-state index contributed by atoms with van der Waals surface area (Å²) >= 11 is 0. The van der Waals surface area contributed by atoms with Gasteiger partial charge >= 0.3 is 5.97 Å². The summed E-state index contributed by atoms with van der Waals surface area (Å²) in [6.07, 6.45) is 0. The molecule has 0 fully saturated rings. The van der Waals surface area contributed by atoms with Crippen LogP contribution in [0.2, 0.25) is 0 Å². The topological polar surface area (TPSA) is 128 Å². The molecule has 0 aliphatic heterocycles. The Morgan fingerprint density at radius 1 is 1.22 bits per heavy atom. The van der Waals surface area contributed by atoms with Gasteiger partial charge in [0.2, 0.25) is 0 Å². The summed E-state index contributed by atoms with van der Waals surface area (Å²) in [7, 11) is 1.19. The van der Waals surface area contributed by atoms with Gasteiger partial charge in [0, 0.05) is 12.1 Å². The Labute approximate surface area is 153 Å². The van der Waals surface area contributed by atoms with Crippen molar-refractivity contribution in [3.05, 3.63) is 70.2 Å². The van der Waals surface area contributed by atoms with E-state index in [1.807, 2.05) is 6.07 Å². The van der Waals surface area contributed by atoms with Crippen LogP contribution in [0.25, 0.3) is 16.6 Å². The number of carbonyl (C=O) groups is 1. The number of ether oxygens (including phenoxy) is 2. The Kier molecular flexibility index (Phi) is 5.02. The number of rotatable bonds is 6. The predicted molar refractivity (Wildman–Crippen MR) is 96.2 cm³/mol. The standard InChI is InChI=1S/C18H15N3O6/c1-26-18(23)16(17-19-13-4-2-3-5-14(13)20-17)15(22)10-27-12-8-6-11(7-9-12)21(24)25/h2-9,22H,10H2,1H3,(H,19,20)/b16-15+. The van der Waals surface area contributed by atoms with Crippen LogP contribution in [0, 0.1) is 10.1 Å². The number of H-pyrrole nitrogens is 1. The van der Waals surface area contributed by atoms with E-state index >= 15 is 0 Å². The van der Waals surface area contributed by atoms with Gasteiger partial charge < -0.3 is 19.6 Å². The van der Waals surface area contributed by atoms with Gasteiger partial charge in [-0.1, -0.05) is 12.1 Å². The number of nitro groups is 1. The molecule has 0 amide bonds. The van der Waals surface area contributed by atoms with Crippen molar-refractivity contribution >= 4 is 28.3 Å². The number of aromatic nitrogens is 2. The first-order valence-electron chi connectivity index (χ1n) is 7.82. The van der Waals surface area contributed by atoms with Crippen molar-refractivity contribution in [3.8, 4) is 5.75 Å². The molecular formula is C18H15N3O6. The van der Waals surface area contributed by atoms with E-state index < -0.39 is 10.9 Å². The quantitative estimate of drug-likeness (QED) is 0.225. The number of hydrogen-bond donors (Lipinski definition) is 2. The van der Waals surface area contributed by atoms with Crippen LogP contribution in [-0.4, -0.2) is 39.7 Å². The third kappa shape index (κ3) is 3.87. The number of methoxy groups -OCH3 is 1. The molecule has 0 atom stereocenters. The molecule has 0 aliphatic rings. The maximum Gasteiger partial charge on any atom is 0.345 e. The average Bonchev–Trinajstić information content (AvgIpc) is 3.10. The van der Waals surface area contributed by atoms with E-state index in [0.717, 1.165) is 0 Å². The van der Waals surface area contributed by atoms with Crippen molar-refractivity contribution in [2.75, 3.05) is 13.7 Å². The molecule has 2 aromatic carbocycles. The number of aliphatic hydroxyl groups excluding tert-OH is 1. The number of nitrogens with zero attached hydrogens (tertiary/aromatic N) is 2. The van der Waals surface area contributed by atoms with Crippen LogP contribution in [0.4, 0.5) is 5.69 Å². The van der Waals surface area contributed by atoms with Crippen LogP contribution in [-0.2, 0) is 9.53 Å². The SMILES string of the molecule is COC(=O)/C(=C(/O)COc1ccc([N+](=O)[O-])cc1)c1nc2ccccc2[nH]1. The van der Waals surface area contributed by atoms with Crippen LogP contribution in [0.5, 0.6) is 5.75 Å². The predicted octanol–water partition coefficient (Wildman–Crippen LogP) is 2.99. The minimum Gasteiger partial charge on any atom is -0.508 e. The molecule has 0 bridgehead atoms. The highest BCUT2D eigenvalue weighted by Crippen LogP contribution is 2.22. The third-order valence-corrected chi connectivity index (χ3v) is 3.73. The van der Waals surface area contributed by atoms with E-state index in [-0.39, 0.29) is 29.5 Å². The van der Waals surface area contributed by atoms with Crippen LogP contribution < -0.4 is 4.74 Å². The summed E-state index contributed by atoms with van der Waals surface area (Å²) in [5, 5.41) is 21.0. The molecule has 0 spiro atoms. The van der Waals surface area contributed by atoms with E-state index in [4.69, 9.17) is 9.47 Å². The number of hydrogen-bond acceptors (Lipinski definition) is 7. The van der Waals surface area contributed by atoms with Crippen LogP contribution >= 0.6 is 0 Å². The van der Waals surface area contributed by atoms with Crippen LogP contribution in [0.15, 0.2) is 54.3 Å². The van der Waals surface area contributed by atoms with Crippen molar-refractivity contribution in [1.29, 1.82) is 0 Å². The summed E-state index contributed by atoms with van der Waals surface area (Å²) in [6, 6.07) is 12.5. The van der Waals surface area contributed by atoms with Crippen molar-refractivity contribution in [2.45, 2.75) is 0 Å². The van der Waals surface area contributed by atoms with Crippen molar-refractivity contribution in [3.63, 3.8) is 0 Å². The van der Waals surface area contributed by atoms with Crippen LogP contribution in [0.1, 0.15) is 5.82 Å². The monoisotopic (exact) mass is 369 g/mol. The number of aromatic amines is 1. The van der Waals surface area contributed by atoms with Crippen molar-refractivity contribution in [1.82, 2.24) is 9.97 Å². The summed E-state index contributed by atoms with van der Waals surface area (Å²) in [6.45, 7) is -0.348. The summed E-state index contributed by atoms with van der Waals surface area (Å²) in [5.74, 6) is -0.730. The number of nitro benzene ring substituents is 1. The second kappa shape index (κ2) is 7.56. The van der Waals surface area contributed by atoms with E-state index in [1.165, 1.54) is 31.4 Å². The van der Waals surface area contributed by atoms with Gasteiger partial charge in [-0.2, -0.15) is 0 Å². The van der Waals surface area contributed by atoms with Gasteiger partial charge in [0.15, 0.2) is 0 Å². The molecule has 0 saturated carbocycles. The van der Waals surface area contributed by atoms with E-state index in [9.17, 15) is 20.0 Å². The summed E-state index contributed by atoms with van der Waals surface area (Å²) in [4.78, 5) is 29.5. The zero-order valence-corrected chi connectivity index (χ0v) is 14.2. The van der Waals surface area contributed by atoms with E-state index in [0.29, 0.717) is 16.8 Å². The maximum atomic E-state index is 12.1. The van der Waals surface area contributed by atoms with Gasteiger partial charge in [-0.05, 0) is 24.3 Å². The van der Waals surface area contributed by atoms with Gasteiger partial charge in [0.1, 0.15) is 29.5 Å². The minimum absolute atomic E-state index is 0.0837. The Morgan fingerprint density at radius 2 is 1.93 bits per heavy atom. The number of imidazole rings is 1. The highest BCUT2D eigenvalue weighted by atomic mass is 16.6. The lowest BCUT2D eigenvalue weighted by Gasteiger charge is -2.09. The Morgan fingerprint density at radius 3 is 2.56 bits per heavy atom.